The first-order valence-electron chi connectivity index (χ1n) is 7.27. The van der Waals surface area contributed by atoms with Crippen molar-refractivity contribution in [2.45, 2.75) is 53.4 Å². The minimum absolute atomic E-state index is 0.471. The van der Waals surface area contributed by atoms with Crippen molar-refractivity contribution in [1.29, 1.82) is 0 Å². The van der Waals surface area contributed by atoms with Crippen LogP contribution in [0, 0.1) is 0 Å². The monoisotopic (exact) mass is 648 g/mol. The SMILES string of the molecule is CC(=O)OC(C)(C)C(Cl)(Cl)Cl.COC(=O)OC(C)(C)C(Cl)(Cl)Cl.O[PH](O)=S.O[PH](O)=S. The largest absolute Gasteiger partial charge is 0.508 e. The van der Waals surface area contributed by atoms with E-state index in [0.29, 0.717) is 0 Å². The van der Waals surface area contributed by atoms with Gasteiger partial charge in [-0.15, -0.1) is 0 Å². The lowest BCUT2D eigenvalue weighted by molar-refractivity contribution is -0.153. The van der Waals surface area contributed by atoms with Gasteiger partial charge in [0.1, 0.15) is 0 Å². The molecular weight excluding hydrogens is 627 g/mol. The van der Waals surface area contributed by atoms with E-state index in [1.165, 1.54) is 41.7 Å². The molecule has 0 fully saturated rings. The van der Waals surface area contributed by atoms with Crippen LogP contribution in [0.1, 0.15) is 34.6 Å². The molecule has 0 rings (SSSR count). The molecule has 0 saturated carbocycles. The molecule has 9 nitrogen and oxygen atoms in total. The van der Waals surface area contributed by atoms with Crippen molar-refractivity contribution in [3.8, 4) is 0 Å². The number of ether oxygens (including phenoxy) is 3. The topological polar surface area (TPSA) is 143 Å². The highest BCUT2D eigenvalue weighted by Crippen LogP contribution is 2.41. The third kappa shape index (κ3) is 27.7. The molecule has 0 bridgehead atoms. The number of rotatable bonds is 2. The highest BCUT2D eigenvalue weighted by molar-refractivity contribution is 8.00. The summed E-state index contributed by atoms with van der Waals surface area (Å²) in [6, 6.07) is 0. The predicted octanol–water partition coefficient (Wildman–Crippen LogP) is 4.57. The van der Waals surface area contributed by atoms with Gasteiger partial charge in [0.15, 0.2) is 25.5 Å². The van der Waals surface area contributed by atoms with E-state index < -0.39 is 45.2 Å². The van der Waals surface area contributed by atoms with Crippen LogP contribution in [0.15, 0.2) is 0 Å². The molecule has 0 aromatic carbocycles. The molecule has 0 atom stereocenters. The van der Waals surface area contributed by atoms with E-state index >= 15 is 0 Å². The summed E-state index contributed by atoms with van der Waals surface area (Å²) in [4.78, 5) is 51.3. The van der Waals surface area contributed by atoms with Crippen molar-refractivity contribution in [1.82, 2.24) is 0 Å². The van der Waals surface area contributed by atoms with Crippen molar-refractivity contribution < 1.29 is 43.4 Å². The minimum Gasteiger partial charge on any atom is -0.455 e. The van der Waals surface area contributed by atoms with Crippen LogP contribution in [0.4, 0.5) is 4.79 Å². The van der Waals surface area contributed by atoms with Crippen LogP contribution in [0.25, 0.3) is 0 Å². The maximum atomic E-state index is 10.7. The Morgan fingerprint density at radius 2 is 0.968 bits per heavy atom. The van der Waals surface area contributed by atoms with Crippen LogP contribution in [0.5, 0.6) is 0 Å². The first-order valence-corrected chi connectivity index (χ1v) is 14.6. The summed E-state index contributed by atoms with van der Waals surface area (Å²) < 4.78 is 10.4. The highest BCUT2D eigenvalue weighted by Gasteiger charge is 2.44. The molecule has 0 saturated heterocycles. The van der Waals surface area contributed by atoms with Crippen LogP contribution in [-0.4, -0.2) is 57.6 Å². The summed E-state index contributed by atoms with van der Waals surface area (Å²) >= 11 is 40.8. The first-order chi connectivity index (χ1) is 13.3. The van der Waals surface area contributed by atoms with Crippen LogP contribution in [0.2, 0.25) is 0 Å². The number of hydrogen-bond donors (Lipinski definition) is 4. The molecule has 0 radical (unpaired) electrons. The number of hydrogen-bond acceptors (Lipinski definition) is 7. The molecule has 190 valence electrons. The van der Waals surface area contributed by atoms with Gasteiger partial charge < -0.3 is 33.8 Å². The zero-order valence-corrected chi connectivity index (χ0v) is 25.1. The molecular formula is C12H24Cl6O9P2S2. The van der Waals surface area contributed by atoms with Crippen molar-refractivity contribution in [3.05, 3.63) is 0 Å². The van der Waals surface area contributed by atoms with Gasteiger partial charge in [0.05, 0.1) is 7.11 Å². The summed E-state index contributed by atoms with van der Waals surface area (Å²) in [6.07, 6.45) is -0.883. The van der Waals surface area contributed by atoms with Gasteiger partial charge in [0, 0.05) is 6.92 Å². The molecule has 0 aliphatic rings. The maximum absolute atomic E-state index is 10.7. The molecule has 0 heterocycles. The average Bonchev–Trinajstić information content (AvgIpc) is 2.42. The van der Waals surface area contributed by atoms with E-state index in [2.05, 4.69) is 28.4 Å². The van der Waals surface area contributed by atoms with Gasteiger partial charge >= 0.3 is 12.1 Å². The van der Waals surface area contributed by atoms with Gasteiger partial charge in [-0.25, -0.2) is 4.79 Å². The standard InChI is InChI=1S/C6H9Cl3O3.C6H9Cl3O2.2H3O2PS/c1-5(2,6(7,8)9)12-4(10)11-3;1-4(10)11-5(2,3)6(7,8)9;2*1-3(2)4/h1-3H3;1-3H3;2*3H,(H2,1,2,4). The van der Waals surface area contributed by atoms with Crippen molar-refractivity contribution in [2.75, 3.05) is 7.11 Å². The van der Waals surface area contributed by atoms with E-state index in [4.69, 9.17) is 98.7 Å². The Morgan fingerprint density at radius 1 is 0.742 bits per heavy atom. The quantitative estimate of drug-likeness (QED) is 0.190. The van der Waals surface area contributed by atoms with Gasteiger partial charge in [-0.1, -0.05) is 69.6 Å². The number of methoxy groups -OCH3 is 1. The average molecular weight is 651 g/mol. The zero-order valence-electron chi connectivity index (χ0n) is 16.9. The number of carbonyl (C=O) groups is 2. The molecule has 4 N–H and O–H groups in total. The predicted molar refractivity (Wildman–Crippen MR) is 134 cm³/mol. The van der Waals surface area contributed by atoms with Crippen molar-refractivity contribution >= 4 is 120 Å². The Morgan fingerprint density at radius 3 is 1.10 bits per heavy atom. The summed E-state index contributed by atoms with van der Waals surface area (Å²) in [5.41, 5.74) is -2.31. The molecule has 31 heavy (non-hydrogen) atoms. The lowest BCUT2D eigenvalue weighted by Gasteiger charge is -2.31. The number of halogens is 6. The van der Waals surface area contributed by atoms with Crippen LogP contribution in [-0.2, 0) is 42.6 Å². The number of alkyl halides is 6. The van der Waals surface area contributed by atoms with E-state index in [0.717, 1.165) is 0 Å². The molecule has 0 spiro atoms. The Balaban J connectivity index is -0.000000176. The molecule has 0 aromatic rings. The van der Waals surface area contributed by atoms with Crippen LogP contribution >= 0.6 is 83.9 Å². The fourth-order valence-electron chi connectivity index (χ4n) is 0.725. The number of esters is 1. The Bertz CT molecular complexity index is 578. The third-order valence-corrected chi connectivity index (χ3v) is 5.00. The fraction of sp³-hybridized carbons (Fsp3) is 0.833. The van der Waals surface area contributed by atoms with Gasteiger partial charge in [0.25, 0.3) is 0 Å². The van der Waals surface area contributed by atoms with Gasteiger partial charge in [0.2, 0.25) is 7.59 Å². The van der Waals surface area contributed by atoms with E-state index in [1.807, 2.05) is 0 Å². The van der Waals surface area contributed by atoms with E-state index in [1.54, 1.807) is 0 Å². The second kappa shape index (κ2) is 18.0. The minimum atomic E-state index is -2.30. The molecule has 0 amide bonds. The van der Waals surface area contributed by atoms with Crippen LogP contribution < -0.4 is 0 Å². The van der Waals surface area contributed by atoms with Crippen molar-refractivity contribution in [3.63, 3.8) is 0 Å². The van der Waals surface area contributed by atoms with E-state index in [9.17, 15) is 9.59 Å². The molecule has 19 heteroatoms. The van der Waals surface area contributed by atoms with Gasteiger partial charge in [-0.05, 0) is 51.3 Å². The van der Waals surface area contributed by atoms with Gasteiger partial charge in [-0.3, -0.25) is 4.79 Å². The van der Waals surface area contributed by atoms with E-state index in [-0.39, 0.29) is 0 Å². The third-order valence-electron chi connectivity index (χ3n) is 2.27. The van der Waals surface area contributed by atoms with Crippen molar-refractivity contribution in [2.24, 2.45) is 0 Å². The lowest BCUT2D eigenvalue weighted by atomic mass is 10.2. The summed E-state index contributed by atoms with van der Waals surface area (Å²) in [7, 11) is -3.42. The normalized spacial score (nSPS) is 11.7. The Hall–Kier alpha value is 1.62. The smallest absolute Gasteiger partial charge is 0.455 e. The summed E-state index contributed by atoms with van der Waals surface area (Å²) in [5, 5.41) is 0. The fourth-order valence-corrected chi connectivity index (χ4v) is 0.957. The second-order valence-electron chi connectivity index (χ2n) is 5.73. The lowest BCUT2D eigenvalue weighted by Crippen LogP contribution is -2.41. The Kier molecular flexibility index (Phi) is 23.1. The number of carbonyl (C=O) groups excluding carboxylic acids is 2. The maximum Gasteiger partial charge on any atom is 0.508 e. The zero-order chi connectivity index (χ0) is 26.4. The molecule has 0 aromatic heterocycles. The Labute approximate surface area is 222 Å². The first kappa shape index (κ1) is 39.8. The highest BCUT2D eigenvalue weighted by atomic mass is 35.6. The second-order valence-corrected chi connectivity index (χ2v) is 13.6. The molecule has 0 aliphatic heterocycles. The van der Waals surface area contributed by atoms with Gasteiger partial charge in [-0.2, -0.15) is 0 Å². The van der Waals surface area contributed by atoms with Crippen LogP contribution in [0.3, 0.4) is 0 Å². The molecule has 0 aliphatic carbocycles. The summed E-state index contributed by atoms with van der Waals surface area (Å²) in [6.45, 7) is 7.26. The molecule has 0 unspecified atom stereocenters. The summed E-state index contributed by atoms with van der Waals surface area (Å²) in [5.74, 6) is -0.471.